The third kappa shape index (κ3) is 3.89. The Morgan fingerprint density at radius 3 is 2.21 bits per heavy atom. The Bertz CT molecular complexity index is 702. The van der Waals surface area contributed by atoms with E-state index in [1.54, 1.807) is 0 Å². The number of hydrogen-bond donors (Lipinski definition) is 0. The number of aryl methyl sites for hydroxylation is 1. The van der Waals surface area contributed by atoms with Crippen molar-refractivity contribution in [1.29, 1.82) is 0 Å². The molecule has 5 nitrogen and oxygen atoms in total. The van der Waals surface area contributed by atoms with Crippen LogP contribution in [-0.2, 0) is 4.74 Å². The molecule has 5 heteroatoms. The Morgan fingerprint density at radius 1 is 1.04 bits per heavy atom. The van der Waals surface area contributed by atoms with Crippen LogP contribution in [0.3, 0.4) is 0 Å². The van der Waals surface area contributed by atoms with Crippen LogP contribution in [0.25, 0.3) is 0 Å². The van der Waals surface area contributed by atoms with E-state index in [2.05, 4.69) is 20.8 Å². The summed E-state index contributed by atoms with van der Waals surface area (Å²) < 4.78 is 5.40. The maximum atomic E-state index is 13.4. The summed E-state index contributed by atoms with van der Waals surface area (Å²) in [5, 5.41) is 0. The van der Waals surface area contributed by atoms with Crippen molar-refractivity contribution in [2.75, 3.05) is 13.2 Å². The zero-order chi connectivity index (χ0) is 20.4. The number of benzene rings is 1. The van der Waals surface area contributed by atoms with Crippen molar-refractivity contribution in [3.8, 4) is 0 Å². The van der Waals surface area contributed by atoms with Crippen LogP contribution in [0.1, 0.15) is 62.9 Å². The Kier molecular flexibility index (Phi) is 6.31. The second-order valence-electron chi connectivity index (χ2n) is 8.55. The topological polar surface area (TPSA) is 49.9 Å². The molecular formula is C23H34N2O3. The molecule has 1 aliphatic heterocycles. The minimum atomic E-state index is -0.228. The highest BCUT2D eigenvalue weighted by Crippen LogP contribution is 2.40. The number of nitrogens with zero attached hydrogens (tertiary/aromatic N) is 2. The number of fused-ring (bicyclic) bond motifs is 1. The van der Waals surface area contributed by atoms with Crippen molar-refractivity contribution in [2.24, 2.45) is 11.8 Å². The van der Waals surface area contributed by atoms with Gasteiger partial charge in [0.25, 0.3) is 5.91 Å². The molecule has 3 rings (SSSR count). The van der Waals surface area contributed by atoms with Crippen molar-refractivity contribution in [1.82, 2.24) is 9.80 Å². The molecular weight excluding hydrogens is 352 g/mol. The lowest BCUT2D eigenvalue weighted by molar-refractivity contribution is -0.0458. The first-order chi connectivity index (χ1) is 13.4. The minimum absolute atomic E-state index is 0.00435. The van der Waals surface area contributed by atoms with Crippen LogP contribution < -0.4 is 0 Å². The molecule has 0 radical (unpaired) electrons. The van der Waals surface area contributed by atoms with E-state index < -0.39 is 0 Å². The molecule has 1 saturated carbocycles. The number of ether oxygens (including phenoxy) is 1. The van der Waals surface area contributed by atoms with Gasteiger partial charge in [0.15, 0.2) is 0 Å². The molecule has 1 saturated heterocycles. The van der Waals surface area contributed by atoms with Crippen molar-refractivity contribution in [2.45, 2.75) is 72.0 Å². The Labute approximate surface area is 169 Å². The molecule has 1 aromatic rings. The summed E-state index contributed by atoms with van der Waals surface area (Å²) in [4.78, 5) is 30.2. The lowest BCUT2D eigenvalue weighted by atomic mass is 9.73. The molecule has 1 aliphatic carbocycles. The molecule has 2 fully saturated rings. The van der Waals surface area contributed by atoms with Gasteiger partial charge in [0, 0.05) is 12.1 Å². The summed E-state index contributed by atoms with van der Waals surface area (Å²) in [6.45, 7) is 11.4. The molecule has 2 aliphatic rings. The standard InChI is InChI=1S/C23H34N2O3/c1-6-19-14-24(22(26)18-10-8-15(3)9-11-18)20-12-16(4)17(5)13-21(20)25(19)23(27)28-7-2/h8-11,16-17,19-21H,6-7,12-14H2,1-5H3. The molecule has 5 atom stereocenters. The van der Waals surface area contributed by atoms with Gasteiger partial charge in [0.2, 0.25) is 0 Å². The Hall–Kier alpha value is -2.04. The third-order valence-corrected chi connectivity index (χ3v) is 6.71. The molecule has 5 unspecified atom stereocenters. The van der Waals surface area contributed by atoms with Gasteiger partial charge in [-0.3, -0.25) is 9.69 Å². The fourth-order valence-corrected chi connectivity index (χ4v) is 4.80. The summed E-state index contributed by atoms with van der Waals surface area (Å²) in [6, 6.07) is 7.88. The van der Waals surface area contributed by atoms with Crippen LogP contribution in [0.2, 0.25) is 0 Å². The normalized spacial score (nSPS) is 30.0. The van der Waals surface area contributed by atoms with Gasteiger partial charge in [0.05, 0.1) is 24.7 Å². The highest BCUT2D eigenvalue weighted by Gasteiger charge is 2.49. The van der Waals surface area contributed by atoms with Gasteiger partial charge in [-0.25, -0.2) is 4.79 Å². The SMILES string of the molecule is CCOC(=O)N1C(CC)CN(C(=O)c2ccc(C)cc2)C2CC(C)C(C)CC21. The van der Waals surface area contributed by atoms with E-state index >= 15 is 0 Å². The van der Waals surface area contributed by atoms with E-state index in [0.29, 0.717) is 25.0 Å². The maximum Gasteiger partial charge on any atom is 0.410 e. The number of carbonyl (C=O) groups excluding carboxylic acids is 2. The van der Waals surface area contributed by atoms with E-state index in [0.717, 1.165) is 30.4 Å². The predicted molar refractivity (Wildman–Crippen MR) is 110 cm³/mol. The van der Waals surface area contributed by atoms with Crippen LogP contribution in [-0.4, -0.2) is 53.1 Å². The van der Waals surface area contributed by atoms with Crippen molar-refractivity contribution >= 4 is 12.0 Å². The molecule has 1 heterocycles. The Morgan fingerprint density at radius 2 is 1.64 bits per heavy atom. The fourth-order valence-electron chi connectivity index (χ4n) is 4.80. The molecule has 0 spiro atoms. The highest BCUT2D eigenvalue weighted by molar-refractivity contribution is 5.94. The zero-order valence-electron chi connectivity index (χ0n) is 17.9. The Balaban J connectivity index is 1.94. The number of hydrogen-bond acceptors (Lipinski definition) is 3. The number of carbonyl (C=O) groups is 2. The first-order valence-corrected chi connectivity index (χ1v) is 10.7. The quantitative estimate of drug-likeness (QED) is 0.769. The highest BCUT2D eigenvalue weighted by atomic mass is 16.6. The lowest BCUT2D eigenvalue weighted by Gasteiger charge is -2.55. The fraction of sp³-hybridized carbons (Fsp3) is 0.652. The monoisotopic (exact) mass is 386 g/mol. The van der Waals surface area contributed by atoms with E-state index in [1.165, 1.54) is 0 Å². The summed E-state index contributed by atoms with van der Waals surface area (Å²) in [5.41, 5.74) is 1.88. The van der Waals surface area contributed by atoms with Gasteiger partial charge in [-0.2, -0.15) is 0 Å². The van der Waals surface area contributed by atoms with Gasteiger partial charge in [-0.15, -0.1) is 0 Å². The van der Waals surface area contributed by atoms with Crippen LogP contribution >= 0.6 is 0 Å². The van der Waals surface area contributed by atoms with E-state index in [9.17, 15) is 9.59 Å². The average Bonchev–Trinajstić information content (AvgIpc) is 2.68. The van der Waals surface area contributed by atoms with Crippen LogP contribution in [0.4, 0.5) is 4.79 Å². The summed E-state index contributed by atoms with van der Waals surface area (Å²) in [5.74, 6) is 1.13. The van der Waals surface area contributed by atoms with Gasteiger partial charge >= 0.3 is 6.09 Å². The van der Waals surface area contributed by atoms with Crippen LogP contribution in [0.15, 0.2) is 24.3 Å². The molecule has 1 aromatic carbocycles. The number of amides is 2. The summed E-state index contributed by atoms with van der Waals surface area (Å²) >= 11 is 0. The van der Waals surface area contributed by atoms with Gasteiger partial charge in [-0.05, 0) is 57.1 Å². The number of piperazine rings is 1. The molecule has 0 bridgehead atoms. The number of rotatable bonds is 3. The van der Waals surface area contributed by atoms with Crippen LogP contribution in [0, 0.1) is 18.8 Å². The van der Waals surface area contributed by atoms with Gasteiger partial charge < -0.3 is 9.64 Å². The first-order valence-electron chi connectivity index (χ1n) is 10.7. The average molecular weight is 387 g/mol. The van der Waals surface area contributed by atoms with Crippen molar-refractivity contribution in [3.05, 3.63) is 35.4 Å². The van der Waals surface area contributed by atoms with E-state index in [4.69, 9.17) is 4.74 Å². The summed E-state index contributed by atoms with van der Waals surface area (Å²) in [7, 11) is 0. The van der Waals surface area contributed by atoms with Crippen molar-refractivity contribution in [3.63, 3.8) is 0 Å². The van der Waals surface area contributed by atoms with E-state index in [1.807, 2.05) is 47.9 Å². The van der Waals surface area contributed by atoms with Gasteiger partial charge in [0.1, 0.15) is 0 Å². The molecule has 0 aromatic heterocycles. The molecule has 0 N–H and O–H groups in total. The zero-order valence-corrected chi connectivity index (χ0v) is 17.9. The molecule has 28 heavy (non-hydrogen) atoms. The second kappa shape index (κ2) is 8.54. The minimum Gasteiger partial charge on any atom is -0.450 e. The second-order valence-corrected chi connectivity index (χ2v) is 8.55. The molecule has 2 amide bonds. The first kappa shape index (κ1) is 20.7. The third-order valence-electron chi connectivity index (χ3n) is 6.71. The largest absolute Gasteiger partial charge is 0.450 e. The smallest absolute Gasteiger partial charge is 0.410 e. The lowest BCUT2D eigenvalue weighted by Crippen LogP contribution is -2.68. The maximum absolute atomic E-state index is 13.4. The van der Waals surface area contributed by atoms with Crippen molar-refractivity contribution < 1.29 is 14.3 Å². The summed E-state index contributed by atoms with van der Waals surface area (Å²) in [6.07, 6.45) is 2.42. The van der Waals surface area contributed by atoms with Gasteiger partial charge in [-0.1, -0.05) is 38.5 Å². The molecule has 154 valence electrons. The predicted octanol–water partition coefficient (Wildman–Crippen LogP) is 4.49. The van der Waals surface area contributed by atoms with Crippen LogP contribution in [0.5, 0.6) is 0 Å². The van der Waals surface area contributed by atoms with E-state index in [-0.39, 0.29) is 30.1 Å².